The molecule has 1 spiro atoms. The van der Waals surface area contributed by atoms with Crippen molar-refractivity contribution in [2.45, 2.75) is 76.0 Å². The fourth-order valence-corrected chi connectivity index (χ4v) is 4.44. The smallest absolute Gasteiger partial charge is 0.262 e. The Hall–Kier alpha value is -0.460. The topological polar surface area (TPSA) is 50.4 Å². The van der Waals surface area contributed by atoms with E-state index in [9.17, 15) is 13.6 Å². The van der Waals surface area contributed by atoms with Crippen molar-refractivity contribution in [2.75, 3.05) is 13.2 Å². The summed E-state index contributed by atoms with van der Waals surface area (Å²) in [5, 5.41) is 5.66. The molecule has 134 valence electrons. The van der Waals surface area contributed by atoms with Crippen molar-refractivity contribution in [3.63, 3.8) is 0 Å². The number of amides is 1. The minimum absolute atomic E-state index is 0. The van der Waals surface area contributed by atoms with Crippen LogP contribution in [-0.4, -0.2) is 43.2 Å². The summed E-state index contributed by atoms with van der Waals surface area (Å²) in [5.41, 5.74) is 0.0328. The minimum Gasteiger partial charge on any atom is -0.378 e. The number of hydrogen-bond donors (Lipinski definition) is 2. The Bertz CT molecular complexity index is 430. The number of halogens is 3. The molecule has 2 N–H and O–H groups in total. The fourth-order valence-electron chi connectivity index (χ4n) is 4.44. The lowest BCUT2D eigenvalue weighted by Gasteiger charge is -2.57. The highest BCUT2D eigenvalue weighted by atomic mass is 35.5. The van der Waals surface area contributed by atoms with Gasteiger partial charge in [0.05, 0.1) is 18.7 Å². The zero-order valence-corrected chi connectivity index (χ0v) is 14.4. The molecule has 1 saturated heterocycles. The van der Waals surface area contributed by atoms with Crippen molar-refractivity contribution in [1.29, 1.82) is 0 Å². The van der Waals surface area contributed by atoms with Gasteiger partial charge in [0.2, 0.25) is 5.91 Å². The van der Waals surface area contributed by atoms with Gasteiger partial charge in [-0.05, 0) is 26.2 Å². The Balaban J connectivity index is 0.00000192. The van der Waals surface area contributed by atoms with Gasteiger partial charge in [0.1, 0.15) is 0 Å². The Labute approximate surface area is 142 Å². The summed E-state index contributed by atoms with van der Waals surface area (Å²) in [7, 11) is 0. The highest BCUT2D eigenvalue weighted by Gasteiger charge is 2.56. The molecule has 3 aliphatic rings. The quantitative estimate of drug-likeness (QED) is 0.817. The molecule has 0 aromatic rings. The molecule has 23 heavy (non-hydrogen) atoms. The molecule has 3 atom stereocenters. The SMILES string of the molecule is CCOC1CC(NC(=O)C2CC(F)(F)CN2)C12CCCCC2.Cl. The van der Waals surface area contributed by atoms with E-state index in [4.69, 9.17) is 4.74 Å². The third-order valence-electron chi connectivity index (χ3n) is 5.68. The van der Waals surface area contributed by atoms with Crippen molar-refractivity contribution in [3.8, 4) is 0 Å². The van der Waals surface area contributed by atoms with Crippen LogP contribution in [0, 0.1) is 5.41 Å². The summed E-state index contributed by atoms with van der Waals surface area (Å²) in [6, 6.07) is -0.686. The molecule has 0 aromatic heterocycles. The summed E-state index contributed by atoms with van der Waals surface area (Å²) in [6.07, 6.45) is 6.31. The van der Waals surface area contributed by atoms with E-state index < -0.39 is 24.9 Å². The van der Waals surface area contributed by atoms with Crippen LogP contribution in [0.2, 0.25) is 0 Å². The molecule has 4 nitrogen and oxygen atoms in total. The molecule has 0 radical (unpaired) electrons. The summed E-state index contributed by atoms with van der Waals surface area (Å²) in [5.74, 6) is -3.04. The van der Waals surface area contributed by atoms with Crippen LogP contribution in [-0.2, 0) is 9.53 Å². The summed E-state index contributed by atoms with van der Waals surface area (Å²) < 4.78 is 32.3. The number of hydrogen-bond acceptors (Lipinski definition) is 3. The van der Waals surface area contributed by atoms with Crippen LogP contribution in [0.4, 0.5) is 8.78 Å². The zero-order chi connectivity index (χ0) is 15.8. The lowest BCUT2D eigenvalue weighted by Crippen LogP contribution is -2.66. The number of rotatable bonds is 4. The van der Waals surface area contributed by atoms with Crippen LogP contribution in [0.15, 0.2) is 0 Å². The van der Waals surface area contributed by atoms with E-state index in [-0.39, 0.29) is 35.9 Å². The average molecular weight is 353 g/mol. The fraction of sp³-hybridized carbons (Fsp3) is 0.938. The number of nitrogens with one attached hydrogen (secondary N) is 2. The maximum Gasteiger partial charge on any atom is 0.262 e. The van der Waals surface area contributed by atoms with Crippen molar-refractivity contribution in [2.24, 2.45) is 5.41 Å². The van der Waals surface area contributed by atoms with Gasteiger partial charge >= 0.3 is 0 Å². The third kappa shape index (κ3) is 3.64. The van der Waals surface area contributed by atoms with Gasteiger partial charge < -0.3 is 10.1 Å². The first-order valence-electron chi connectivity index (χ1n) is 8.50. The van der Waals surface area contributed by atoms with Gasteiger partial charge in [-0.25, -0.2) is 8.78 Å². The van der Waals surface area contributed by atoms with E-state index >= 15 is 0 Å². The van der Waals surface area contributed by atoms with Crippen LogP contribution < -0.4 is 10.6 Å². The molecule has 1 heterocycles. The zero-order valence-electron chi connectivity index (χ0n) is 13.6. The van der Waals surface area contributed by atoms with Crippen LogP contribution >= 0.6 is 12.4 Å². The molecule has 0 bridgehead atoms. The second kappa shape index (κ2) is 7.19. The molecule has 2 saturated carbocycles. The van der Waals surface area contributed by atoms with Gasteiger partial charge in [0, 0.05) is 24.5 Å². The summed E-state index contributed by atoms with van der Waals surface area (Å²) in [4.78, 5) is 12.3. The van der Waals surface area contributed by atoms with E-state index in [2.05, 4.69) is 10.6 Å². The number of alkyl halides is 2. The molecule has 7 heteroatoms. The molecular formula is C16H27ClF2N2O2. The van der Waals surface area contributed by atoms with E-state index in [1.54, 1.807) is 0 Å². The monoisotopic (exact) mass is 352 g/mol. The van der Waals surface area contributed by atoms with Gasteiger partial charge in [-0.3, -0.25) is 10.1 Å². The largest absolute Gasteiger partial charge is 0.378 e. The van der Waals surface area contributed by atoms with Crippen molar-refractivity contribution in [3.05, 3.63) is 0 Å². The Kier molecular flexibility index (Phi) is 5.90. The van der Waals surface area contributed by atoms with Crippen molar-refractivity contribution in [1.82, 2.24) is 10.6 Å². The molecule has 0 aromatic carbocycles. The first-order valence-corrected chi connectivity index (χ1v) is 8.50. The predicted molar refractivity (Wildman–Crippen MR) is 86.1 cm³/mol. The third-order valence-corrected chi connectivity index (χ3v) is 5.68. The van der Waals surface area contributed by atoms with Gasteiger partial charge in [-0.15, -0.1) is 12.4 Å². The molecular weight excluding hydrogens is 326 g/mol. The lowest BCUT2D eigenvalue weighted by atomic mass is 9.55. The van der Waals surface area contributed by atoms with E-state index in [0.29, 0.717) is 6.61 Å². The van der Waals surface area contributed by atoms with E-state index in [0.717, 1.165) is 32.1 Å². The van der Waals surface area contributed by atoms with E-state index in [1.807, 2.05) is 6.92 Å². The van der Waals surface area contributed by atoms with Crippen molar-refractivity contribution < 1.29 is 18.3 Å². The first kappa shape index (κ1) is 18.9. The number of ether oxygens (including phenoxy) is 1. The highest BCUT2D eigenvalue weighted by molar-refractivity contribution is 5.85. The second-order valence-electron chi connectivity index (χ2n) is 7.03. The minimum atomic E-state index is -2.77. The number of carbonyl (C=O) groups is 1. The lowest BCUT2D eigenvalue weighted by molar-refractivity contribution is -0.157. The summed E-state index contributed by atoms with van der Waals surface area (Å²) in [6.45, 7) is 2.28. The normalized spacial score (nSPS) is 34.5. The van der Waals surface area contributed by atoms with E-state index in [1.165, 1.54) is 6.42 Å². The van der Waals surface area contributed by atoms with Gasteiger partial charge in [-0.1, -0.05) is 19.3 Å². The molecule has 3 fully saturated rings. The standard InChI is InChI=1S/C16H26F2N2O2.ClH/c1-2-22-13-8-12(15(13)6-4-3-5-7-15)20-14(21)11-9-16(17,18)10-19-11;/h11-13,19H,2-10H2,1H3,(H,20,21);1H. The van der Waals surface area contributed by atoms with Gasteiger partial charge in [0.25, 0.3) is 5.92 Å². The Morgan fingerprint density at radius 1 is 1.30 bits per heavy atom. The Morgan fingerprint density at radius 2 is 2.00 bits per heavy atom. The average Bonchev–Trinajstić information content (AvgIpc) is 2.87. The molecule has 1 aliphatic heterocycles. The molecule has 2 aliphatic carbocycles. The number of carbonyl (C=O) groups excluding carboxylic acids is 1. The van der Waals surface area contributed by atoms with Crippen molar-refractivity contribution >= 4 is 18.3 Å². The molecule has 3 unspecified atom stereocenters. The first-order chi connectivity index (χ1) is 10.5. The van der Waals surface area contributed by atoms with Crippen LogP contribution in [0.5, 0.6) is 0 Å². The second-order valence-corrected chi connectivity index (χ2v) is 7.03. The molecule has 3 rings (SSSR count). The van der Waals surface area contributed by atoms with Gasteiger partial charge in [-0.2, -0.15) is 0 Å². The Morgan fingerprint density at radius 3 is 2.57 bits per heavy atom. The summed E-state index contributed by atoms with van der Waals surface area (Å²) >= 11 is 0. The van der Waals surface area contributed by atoms with Crippen LogP contribution in [0.3, 0.4) is 0 Å². The highest BCUT2D eigenvalue weighted by Crippen LogP contribution is 2.53. The molecule has 1 amide bonds. The van der Waals surface area contributed by atoms with Crippen LogP contribution in [0.1, 0.15) is 51.9 Å². The maximum absolute atomic E-state index is 13.2. The maximum atomic E-state index is 13.2. The van der Waals surface area contributed by atoms with Gasteiger partial charge in [0.15, 0.2) is 0 Å². The predicted octanol–water partition coefficient (Wildman–Crippen LogP) is 2.65. The van der Waals surface area contributed by atoms with Crippen LogP contribution in [0.25, 0.3) is 0 Å².